The van der Waals surface area contributed by atoms with Crippen LogP contribution in [0, 0.1) is 23.2 Å². The second kappa shape index (κ2) is 14.0. The molecular weight excluding hydrogens is 672 g/mol. The molecule has 4 rings (SSSR count). The van der Waals surface area contributed by atoms with Gasteiger partial charge in [-0.25, -0.2) is 0 Å². The van der Waals surface area contributed by atoms with E-state index >= 15 is 0 Å². The van der Waals surface area contributed by atoms with E-state index in [1.165, 1.54) is 6.92 Å². The summed E-state index contributed by atoms with van der Waals surface area (Å²) in [5.74, 6) is -1.20. The minimum Gasteiger partial charge on any atom is -0.461 e. The summed E-state index contributed by atoms with van der Waals surface area (Å²) in [5.41, 5.74) is -0.824. The third-order valence-electron chi connectivity index (χ3n) is 12.2. The predicted octanol–water partition coefficient (Wildman–Crippen LogP) is 7.88. The first-order valence-electron chi connectivity index (χ1n) is 17.2. The van der Waals surface area contributed by atoms with Crippen LogP contribution in [0.15, 0.2) is 23.2 Å². The summed E-state index contributed by atoms with van der Waals surface area (Å²) < 4.78 is 39.8. The quantitative estimate of drug-likeness (QED) is 0.0849. The van der Waals surface area contributed by atoms with Gasteiger partial charge in [0.25, 0.3) is 0 Å². The molecular formula is C34H57BrO8Si2. The molecule has 0 N–H and O–H groups in total. The minimum absolute atomic E-state index is 0.0411. The van der Waals surface area contributed by atoms with Crippen LogP contribution in [0.2, 0.25) is 36.3 Å². The van der Waals surface area contributed by atoms with Gasteiger partial charge in [0, 0.05) is 44.6 Å². The Kier molecular flexibility index (Phi) is 11.5. The van der Waals surface area contributed by atoms with Crippen LogP contribution in [0.5, 0.6) is 0 Å². The first kappa shape index (κ1) is 37.0. The molecule has 4 fully saturated rings. The molecule has 4 aliphatic rings. The Balaban J connectivity index is 1.74. The van der Waals surface area contributed by atoms with Gasteiger partial charge in [-0.1, -0.05) is 70.6 Å². The molecule has 2 aliphatic heterocycles. The second-order valence-electron chi connectivity index (χ2n) is 14.0. The van der Waals surface area contributed by atoms with E-state index in [0.29, 0.717) is 19.3 Å². The maximum Gasteiger partial charge on any atom is 0.320 e. The van der Waals surface area contributed by atoms with Gasteiger partial charge in [0.1, 0.15) is 23.7 Å². The number of hydrogen-bond acceptors (Lipinski definition) is 8. The molecule has 256 valence electrons. The number of rotatable bonds is 17. The smallest absolute Gasteiger partial charge is 0.320 e. The third-order valence-corrected chi connectivity index (χ3v) is 21.9. The average Bonchev–Trinajstić information content (AvgIpc) is 3.53. The molecule has 8 nitrogen and oxygen atoms in total. The van der Waals surface area contributed by atoms with E-state index in [2.05, 4.69) is 77.6 Å². The summed E-state index contributed by atoms with van der Waals surface area (Å²) >= 11 is 3.55. The SMILES string of the molecule is C=C(Br)C[C@H]1O[C@@H](OC)[C@H](O[Si](CC)(CC)CC)[C@@H]1C[C@@H](OC(C)=O)[C@@]12C(=C)[C@H]3[C@@H]1[C@H](C[C@]3(C)O[Si](CC)(CC)CC)OC2=O. The summed E-state index contributed by atoms with van der Waals surface area (Å²) in [7, 11) is -2.44. The van der Waals surface area contributed by atoms with Crippen molar-refractivity contribution < 1.29 is 37.4 Å². The number of carbonyl (C=O) groups excluding carboxylic acids is 2. The minimum atomic E-state index is -2.10. The van der Waals surface area contributed by atoms with Crippen molar-refractivity contribution in [2.75, 3.05) is 7.11 Å². The van der Waals surface area contributed by atoms with Crippen molar-refractivity contribution in [3.8, 4) is 0 Å². The van der Waals surface area contributed by atoms with Crippen molar-refractivity contribution >= 4 is 44.5 Å². The van der Waals surface area contributed by atoms with E-state index < -0.39 is 46.0 Å². The second-order valence-corrected chi connectivity index (χ2v) is 24.6. The Morgan fingerprint density at radius 1 is 1.07 bits per heavy atom. The molecule has 11 heteroatoms. The molecule has 2 heterocycles. The number of methoxy groups -OCH3 is 1. The monoisotopic (exact) mass is 728 g/mol. The van der Waals surface area contributed by atoms with Crippen LogP contribution in [0.3, 0.4) is 0 Å². The van der Waals surface area contributed by atoms with E-state index in [1.807, 2.05) is 0 Å². The fraction of sp³-hybridized carbons (Fsp3) is 0.824. The summed E-state index contributed by atoms with van der Waals surface area (Å²) in [5, 5.41) is 0. The Hall–Kier alpha value is -0.826. The maximum atomic E-state index is 14.0. The van der Waals surface area contributed by atoms with Crippen LogP contribution >= 0.6 is 15.9 Å². The van der Waals surface area contributed by atoms with E-state index in [4.69, 9.17) is 27.8 Å². The zero-order valence-electron chi connectivity index (χ0n) is 29.0. The molecule has 0 spiro atoms. The lowest BCUT2D eigenvalue weighted by molar-refractivity contribution is -0.176. The molecule has 45 heavy (non-hydrogen) atoms. The van der Waals surface area contributed by atoms with E-state index in [-0.39, 0.29) is 42.0 Å². The van der Waals surface area contributed by atoms with Crippen LogP contribution in [-0.2, 0) is 37.4 Å². The highest BCUT2D eigenvalue weighted by Gasteiger charge is 2.81. The van der Waals surface area contributed by atoms with Gasteiger partial charge in [-0.15, -0.1) is 0 Å². The fourth-order valence-corrected chi connectivity index (χ4v) is 15.7. The van der Waals surface area contributed by atoms with Gasteiger partial charge < -0.3 is 27.8 Å². The average molecular weight is 730 g/mol. The Labute approximate surface area is 281 Å². The number of hydrogen-bond donors (Lipinski definition) is 0. The van der Waals surface area contributed by atoms with Crippen molar-refractivity contribution in [3.63, 3.8) is 0 Å². The number of esters is 2. The standard InChI is InChI=1S/C34H57BrO8Si2/c1-12-44(13-2,14-3)42-30-24(25(18-21(7)35)40-31(30)38-11)19-27(39-23(9)36)34-22(8)28-29(34)26(41-32(34)37)20-33(28,10)43-45(15-4,16-5)17-6/h24-31H,7-8,12-20H2,1-6,9-11H3/t24-,25-,26+,27-,28+,29+,30-,31-,33+,34+/m1/s1. The van der Waals surface area contributed by atoms with Gasteiger partial charge in [0.2, 0.25) is 0 Å². The zero-order valence-corrected chi connectivity index (χ0v) is 32.6. The highest BCUT2D eigenvalue weighted by atomic mass is 79.9. The molecule has 0 radical (unpaired) electrons. The lowest BCUT2D eigenvalue weighted by Crippen LogP contribution is -2.64. The Morgan fingerprint density at radius 3 is 2.13 bits per heavy atom. The zero-order chi connectivity index (χ0) is 33.5. The van der Waals surface area contributed by atoms with Crippen molar-refractivity contribution in [1.82, 2.24) is 0 Å². The van der Waals surface area contributed by atoms with Crippen LogP contribution in [-0.4, -0.2) is 72.0 Å². The third kappa shape index (κ3) is 6.14. The molecule has 0 amide bonds. The lowest BCUT2D eigenvalue weighted by Gasteiger charge is -2.57. The lowest BCUT2D eigenvalue weighted by atomic mass is 9.47. The maximum absolute atomic E-state index is 14.0. The molecule has 2 aliphatic carbocycles. The molecule has 0 aromatic heterocycles. The molecule has 0 bridgehead atoms. The van der Waals surface area contributed by atoms with Gasteiger partial charge >= 0.3 is 11.9 Å². The Morgan fingerprint density at radius 2 is 1.64 bits per heavy atom. The van der Waals surface area contributed by atoms with Gasteiger partial charge in [-0.05, 0) is 59.7 Å². The van der Waals surface area contributed by atoms with E-state index in [1.54, 1.807) is 7.11 Å². The molecule has 0 unspecified atom stereocenters. The largest absolute Gasteiger partial charge is 0.461 e. The molecule has 0 aromatic rings. The summed E-state index contributed by atoms with van der Waals surface area (Å²) in [6.45, 7) is 25.5. The molecule has 0 aromatic carbocycles. The first-order valence-corrected chi connectivity index (χ1v) is 23.0. The summed E-state index contributed by atoms with van der Waals surface area (Å²) in [6.07, 6.45) is -0.835. The van der Waals surface area contributed by atoms with Crippen molar-refractivity contribution in [2.24, 2.45) is 23.2 Å². The highest BCUT2D eigenvalue weighted by Crippen LogP contribution is 2.73. The molecule has 10 atom stereocenters. The van der Waals surface area contributed by atoms with Gasteiger partial charge in [0.05, 0.1) is 11.7 Å². The molecule has 2 saturated carbocycles. The number of halogens is 1. The van der Waals surface area contributed by atoms with E-state index in [0.717, 1.165) is 46.3 Å². The number of ether oxygens (including phenoxy) is 4. The van der Waals surface area contributed by atoms with Gasteiger partial charge in [-0.2, -0.15) is 0 Å². The summed E-state index contributed by atoms with van der Waals surface area (Å²) in [6, 6.07) is 6.02. The first-order chi connectivity index (χ1) is 21.2. The van der Waals surface area contributed by atoms with Gasteiger partial charge in [0.15, 0.2) is 22.9 Å². The van der Waals surface area contributed by atoms with E-state index in [9.17, 15) is 9.59 Å². The van der Waals surface area contributed by atoms with Crippen molar-refractivity contribution in [2.45, 2.75) is 147 Å². The topological polar surface area (TPSA) is 89.5 Å². The molecule has 2 saturated heterocycles. The van der Waals surface area contributed by atoms with Crippen molar-refractivity contribution in [3.05, 3.63) is 23.2 Å². The van der Waals surface area contributed by atoms with Crippen LogP contribution in [0.25, 0.3) is 0 Å². The Bertz CT molecular complexity index is 1120. The van der Waals surface area contributed by atoms with Gasteiger partial charge in [-0.3, -0.25) is 9.59 Å². The fourth-order valence-electron chi connectivity index (χ4n) is 9.36. The highest BCUT2D eigenvalue weighted by molar-refractivity contribution is 9.11. The summed E-state index contributed by atoms with van der Waals surface area (Å²) in [4.78, 5) is 26.8. The van der Waals surface area contributed by atoms with Crippen LogP contribution in [0.4, 0.5) is 0 Å². The van der Waals surface area contributed by atoms with Crippen LogP contribution < -0.4 is 0 Å². The number of carbonyl (C=O) groups is 2. The van der Waals surface area contributed by atoms with Crippen LogP contribution in [0.1, 0.15) is 74.7 Å². The predicted molar refractivity (Wildman–Crippen MR) is 184 cm³/mol. The normalized spacial score (nSPS) is 36.4. The van der Waals surface area contributed by atoms with Crippen molar-refractivity contribution in [1.29, 1.82) is 0 Å².